The molecule has 2 unspecified atom stereocenters. The molecule has 2 atom stereocenters. The number of amides is 1. The topological polar surface area (TPSA) is 125 Å². The fraction of sp³-hybridized carbons (Fsp3) is 0.567. The first-order chi connectivity index (χ1) is 21.4. The van der Waals surface area contributed by atoms with E-state index in [2.05, 4.69) is 4.98 Å². The molecular weight excluding hydrogens is 649 g/mol. The Kier molecular flexibility index (Phi) is 10.9. The van der Waals surface area contributed by atoms with E-state index in [4.69, 9.17) is 9.90 Å². The number of halogens is 7. The van der Waals surface area contributed by atoms with Crippen LogP contribution in [-0.4, -0.2) is 71.4 Å². The average molecular weight is 685 g/mol. The number of pyridine rings is 1. The first-order valence-corrected chi connectivity index (χ1v) is 16.1. The van der Waals surface area contributed by atoms with Gasteiger partial charge in [0.15, 0.2) is 5.03 Å². The summed E-state index contributed by atoms with van der Waals surface area (Å²) in [6.45, 7) is 3.62. The number of nitrogens with zero attached hydrogens (tertiary/aromatic N) is 2. The Balaban J connectivity index is 0.00000109. The average Bonchev–Trinajstić information content (AvgIpc) is 3.42. The number of carbonyl (C=O) groups is 2. The van der Waals surface area contributed by atoms with Gasteiger partial charge in [-0.2, -0.15) is 26.3 Å². The summed E-state index contributed by atoms with van der Waals surface area (Å²) < 4.78 is 123. The van der Waals surface area contributed by atoms with E-state index in [-0.39, 0.29) is 56.2 Å². The molecule has 0 spiro atoms. The number of hydrogen-bond acceptors (Lipinski definition) is 6. The molecule has 2 aliphatic carbocycles. The van der Waals surface area contributed by atoms with Crippen molar-refractivity contribution in [2.75, 3.05) is 6.54 Å². The number of aliphatic hydroxyl groups is 1. The SMILES string of the molecule is CC.O=C(N1CCC2(S(=O)(=O)c3ccccn3)c3ccc(C(F)(C(F)(F)F)C(F)(F)F)cc3CCC12)C1(O)CCCCC1.O=CO. The lowest BCUT2D eigenvalue weighted by molar-refractivity contribution is -0.348. The Labute approximate surface area is 261 Å². The number of likely N-dealkylation sites (tertiary alicyclic amines) is 1. The second kappa shape index (κ2) is 13.5. The van der Waals surface area contributed by atoms with Gasteiger partial charge >= 0.3 is 18.0 Å². The highest BCUT2D eigenvalue weighted by Crippen LogP contribution is 2.57. The third kappa shape index (κ3) is 5.98. The van der Waals surface area contributed by atoms with Gasteiger partial charge < -0.3 is 15.1 Å². The summed E-state index contributed by atoms with van der Waals surface area (Å²) >= 11 is 0. The molecule has 5 rings (SSSR count). The second-order valence-electron chi connectivity index (χ2n) is 11.1. The van der Waals surface area contributed by atoms with Crippen LogP contribution in [0.1, 0.15) is 75.5 Å². The normalized spacial score (nSPS) is 22.7. The van der Waals surface area contributed by atoms with E-state index in [1.165, 1.54) is 29.3 Å². The van der Waals surface area contributed by atoms with Gasteiger partial charge in [0.05, 0.1) is 6.04 Å². The Hall–Kier alpha value is -3.27. The number of aryl methyl sites for hydroxylation is 1. The maximum atomic E-state index is 14.9. The number of aromatic nitrogens is 1. The lowest BCUT2D eigenvalue weighted by Gasteiger charge is -2.44. The molecule has 1 aromatic carbocycles. The van der Waals surface area contributed by atoms with Crippen LogP contribution in [-0.2, 0) is 36.3 Å². The molecule has 46 heavy (non-hydrogen) atoms. The van der Waals surface area contributed by atoms with Crippen LogP contribution in [0.3, 0.4) is 0 Å². The van der Waals surface area contributed by atoms with Gasteiger partial charge in [-0.05, 0) is 55.4 Å². The fourth-order valence-corrected chi connectivity index (χ4v) is 9.07. The molecule has 256 valence electrons. The Morgan fingerprint density at radius 1 is 0.978 bits per heavy atom. The van der Waals surface area contributed by atoms with Crippen molar-refractivity contribution in [2.24, 2.45) is 0 Å². The summed E-state index contributed by atoms with van der Waals surface area (Å²) in [6, 6.07) is 4.54. The molecule has 8 nitrogen and oxygen atoms in total. The van der Waals surface area contributed by atoms with Crippen LogP contribution in [0, 0.1) is 0 Å². The van der Waals surface area contributed by atoms with Crippen LogP contribution in [0.15, 0.2) is 47.6 Å². The van der Waals surface area contributed by atoms with Gasteiger partial charge in [-0.15, -0.1) is 0 Å². The van der Waals surface area contributed by atoms with E-state index in [0.29, 0.717) is 25.0 Å². The van der Waals surface area contributed by atoms with Crippen LogP contribution in [0.25, 0.3) is 0 Å². The molecule has 1 saturated heterocycles. The molecule has 1 aliphatic heterocycles. The van der Waals surface area contributed by atoms with Crippen LogP contribution in [0.4, 0.5) is 30.7 Å². The number of benzene rings is 1. The summed E-state index contributed by atoms with van der Waals surface area (Å²) in [6.07, 6.45) is -9.70. The number of hydrogen-bond donors (Lipinski definition) is 2. The molecule has 3 aliphatic rings. The number of alkyl halides is 7. The molecule has 16 heteroatoms. The van der Waals surface area contributed by atoms with Crippen molar-refractivity contribution in [3.8, 4) is 0 Å². The molecule has 1 amide bonds. The largest absolute Gasteiger partial charge is 0.483 e. The number of fused-ring (bicyclic) bond motifs is 3. The van der Waals surface area contributed by atoms with Crippen molar-refractivity contribution >= 4 is 22.2 Å². The highest BCUT2D eigenvalue weighted by Gasteiger charge is 2.74. The van der Waals surface area contributed by atoms with Crippen molar-refractivity contribution < 1.29 is 59.0 Å². The van der Waals surface area contributed by atoms with Gasteiger partial charge in [-0.25, -0.2) is 17.8 Å². The first-order valence-electron chi connectivity index (χ1n) is 14.7. The number of carboxylic acid groups (broad SMARTS) is 1. The maximum absolute atomic E-state index is 14.9. The van der Waals surface area contributed by atoms with Gasteiger partial charge in [0.1, 0.15) is 10.3 Å². The van der Waals surface area contributed by atoms with Gasteiger partial charge in [0, 0.05) is 18.3 Å². The Bertz CT molecular complexity index is 1480. The quantitative estimate of drug-likeness (QED) is 0.299. The Morgan fingerprint density at radius 2 is 1.57 bits per heavy atom. The molecule has 2 N–H and O–H groups in total. The highest BCUT2D eigenvalue weighted by atomic mass is 32.2. The van der Waals surface area contributed by atoms with Gasteiger partial charge in [0.25, 0.3) is 12.4 Å². The molecule has 0 radical (unpaired) electrons. The molecule has 1 aromatic heterocycles. The molecule has 0 bridgehead atoms. The van der Waals surface area contributed by atoms with Crippen molar-refractivity contribution in [1.82, 2.24) is 9.88 Å². The zero-order valence-corrected chi connectivity index (χ0v) is 25.9. The Morgan fingerprint density at radius 3 is 2.09 bits per heavy atom. The summed E-state index contributed by atoms with van der Waals surface area (Å²) in [4.78, 5) is 27.3. The van der Waals surface area contributed by atoms with E-state index in [0.717, 1.165) is 12.5 Å². The molecule has 1 saturated carbocycles. The number of carbonyl (C=O) groups excluding carboxylic acids is 1. The third-order valence-corrected chi connectivity index (χ3v) is 11.2. The van der Waals surface area contributed by atoms with Crippen molar-refractivity contribution in [2.45, 2.75) is 105 Å². The van der Waals surface area contributed by atoms with Crippen LogP contribution >= 0.6 is 0 Å². The van der Waals surface area contributed by atoms with Crippen LogP contribution < -0.4 is 0 Å². The van der Waals surface area contributed by atoms with E-state index in [1.807, 2.05) is 13.8 Å². The summed E-state index contributed by atoms with van der Waals surface area (Å²) in [5, 5.41) is 17.7. The van der Waals surface area contributed by atoms with Crippen LogP contribution in [0.2, 0.25) is 0 Å². The van der Waals surface area contributed by atoms with Gasteiger partial charge in [-0.1, -0.05) is 57.4 Å². The van der Waals surface area contributed by atoms with Gasteiger partial charge in [0.2, 0.25) is 9.84 Å². The molecular formula is C30H35F7N2O6S. The summed E-state index contributed by atoms with van der Waals surface area (Å²) in [5.74, 6) is -0.655. The standard InChI is InChI=1S/C27H27F7N2O4S.C2H6.CH2O2/c28-25(26(29,30)31,27(32,33)34)18-8-9-19-17(16-18)7-10-20-24(19,41(39,40)21-6-2-5-14-35-21)13-15-36(20)22(37)23(38)11-3-1-4-12-23;1-2;2-1-3/h2,5-6,8-9,14,16,20,38H,1,3-4,7,10-13,15H2;1-2H3;1H,(H,2,3). The molecule has 2 heterocycles. The summed E-state index contributed by atoms with van der Waals surface area (Å²) in [7, 11) is -4.52. The van der Waals surface area contributed by atoms with E-state index < -0.39 is 60.7 Å². The minimum Gasteiger partial charge on any atom is -0.483 e. The summed E-state index contributed by atoms with van der Waals surface area (Å²) in [5.41, 5.74) is -9.40. The van der Waals surface area contributed by atoms with Gasteiger partial charge in [-0.3, -0.25) is 9.59 Å². The monoisotopic (exact) mass is 684 g/mol. The van der Waals surface area contributed by atoms with E-state index >= 15 is 0 Å². The first kappa shape index (κ1) is 37.2. The minimum absolute atomic E-state index is 0.110. The smallest absolute Gasteiger partial charge is 0.435 e. The lowest BCUT2D eigenvalue weighted by atomic mass is 9.76. The number of rotatable bonds is 4. The predicted octanol–water partition coefficient (Wildman–Crippen LogP) is 6.01. The fourth-order valence-electron chi connectivity index (χ4n) is 6.78. The highest BCUT2D eigenvalue weighted by molar-refractivity contribution is 7.92. The second-order valence-corrected chi connectivity index (χ2v) is 13.2. The molecule has 2 aromatic rings. The zero-order valence-electron chi connectivity index (χ0n) is 25.0. The molecule has 2 fully saturated rings. The minimum atomic E-state index is -6.33. The van der Waals surface area contributed by atoms with Crippen molar-refractivity contribution in [3.05, 3.63) is 59.3 Å². The lowest BCUT2D eigenvalue weighted by Crippen LogP contribution is -2.57. The maximum Gasteiger partial charge on any atom is 0.435 e. The number of sulfone groups is 1. The zero-order chi connectivity index (χ0) is 34.8. The van der Waals surface area contributed by atoms with Crippen molar-refractivity contribution in [1.29, 1.82) is 0 Å². The predicted molar refractivity (Wildman–Crippen MR) is 151 cm³/mol. The van der Waals surface area contributed by atoms with Crippen LogP contribution in [0.5, 0.6) is 0 Å². The third-order valence-electron chi connectivity index (χ3n) is 8.80. The van der Waals surface area contributed by atoms with E-state index in [1.54, 1.807) is 0 Å². The van der Waals surface area contributed by atoms with E-state index in [9.17, 15) is 49.1 Å². The van der Waals surface area contributed by atoms with Crippen molar-refractivity contribution in [3.63, 3.8) is 0 Å².